The fraction of sp³-hybridized carbons (Fsp3) is 0.526. The van der Waals surface area contributed by atoms with Gasteiger partial charge < -0.3 is 9.64 Å². The molecule has 0 radical (unpaired) electrons. The Morgan fingerprint density at radius 1 is 1.38 bits per heavy atom. The van der Waals surface area contributed by atoms with Crippen LogP contribution in [0.25, 0.3) is 0 Å². The molecule has 0 saturated carbocycles. The van der Waals surface area contributed by atoms with Gasteiger partial charge in [-0.2, -0.15) is 0 Å². The van der Waals surface area contributed by atoms with Crippen molar-refractivity contribution in [3.05, 3.63) is 42.5 Å². The van der Waals surface area contributed by atoms with Crippen LogP contribution in [0, 0.1) is 0 Å². The van der Waals surface area contributed by atoms with E-state index in [1.165, 1.54) is 18.6 Å². The smallest absolute Gasteiger partial charge is 0.223 e. The molecule has 0 bridgehead atoms. The average Bonchev–Trinajstić information content (AvgIpc) is 3.12. The fourth-order valence-electron chi connectivity index (χ4n) is 2.73. The van der Waals surface area contributed by atoms with Crippen molar-refractivity contribution in [2.75, 3.05) is 19.4 Å². The van der Waals surface area contributed by atoms with Crippen molar-refractivity contribution in [3.8, 4) is 5.75 Å². The maximum Gasteiger partial charge on any atom is 0.223 e. The molecule has 24 heavy (non-hydrogen) atoms. The van der Waals surface area contributed by atoms with Gasteiger partial charge in [0.1, 0.15) is 5.75 Å². The van der Waals surface area contributed by atoms with Crippen molar-refractivity contribution in [3.63, 3.8) is 0 Å². The lowest BCUT2D eigenvalue weighted by molar-refractivity contribution is -0.131. The number of unbranched alkanes of at least 4 members (excludes halogenated alkanes) is 1. The average molecular weight is 366 g/mol. The summed E-state index contributed by atoms with van der Waals surface area (Å²) in [6.07, 6.45) is 7.13. The van der Waals surface area contributed by atoms with Crippen LogP contribution in [0.4, 0.5) is 0 Å². The molecule has 1 saturated heterocycles. The van der Waals surface area contributed by atoms with Gasteiger partial charge in [-0.3, -0.25) is 4.79 Å². The summed E-state index contributed by atoms with van der Waals surface area (Å²) in [5.74, 6) is 2.34. The lowest BCUT2D eigenvalue weighted by atomic mass is 10.1. The first-order valence-corrected chi connectivity index (χ1v) is 10.9. The molecular weight excluding hydrogens is 338 g/mol. The van der Waals surface area contributed by atoms with Crippen LogP contribution in [-0.4, -0.2) is 35.5 Å². The van der Waals surface area contributed by atoms with Gasteiger partial charge in [0.15, 0.2) is 0 Å². The summed E-state index contributed by atoms with van der Waals surface area (Å²) in [6.45, 7) is 5.01. The van der Waals surface area contributed by atoms with Crippen molar-refractivity contribution in [1.29, 1.82) is 0 Å². The van der Waals surface area contributed by atoms with E-state index in [0.717, 1.165) is 29.4 Å². The third-order valence-corrected chi connectivity index (χ3v) is 7.14. The molecule has 1 aromatic rings. The number of benzene rings is 1. The largest absolute Gasteiger partial charge is 0.497 e. The molecule has 0 aliphatic carbocycles. The number of amides is 1. The van der Waals surface area contributed by atoms with E-state index >= 15 is 0 Å². The second-order valence-corrected chi connectivity index (χ2v) is 8.77. The molecule has 0 aromatic heterocycles. The number of methoxy groups -OCH3 is 1. The SMILES string of the molecule is C=CCN(Cc1ccc(OC)cc1)C(=O)CCCCC1CCSS1. The van der Waals surface area contributed by atoms with E-state index in [2.05, 4.69) is 6.58 Å². The fourth-order valence-corrected chi connectivity index (χ4v) is 5.76. The highest BCUT2D eigenvalue weighted by atomic mass is 33.1. The number of nitrogens with zero attached hydrogens (tertiary/aromatic N) is 1. The molecule has 1 atom stereocenters. The molecule has 1 unspecified atom stereocenters. The zero-order valence-corrected chi connectivity index (χ0v) is 16.0. The van der Waals surface area contributed by atoms with Crippen molar-refractivity contribution in [2.45, 2.75) is 43.9 Å². The zero-order chi connectivity index (χ0) is 17.2. The third kappa shape index (κ3) is 6.44. The van der Waals surface area contributed by atoms with E-state index < -0.39 is 0 Å². The van der Waals surface area contributed by atoms with Gasteiger partial charge in [-0.1, -0.05) is 46.2 Å². The minimum absolute atomic E-state index is 0.221. The minimum Gasteiger partial charge on any atom is -0.497 e. The molecule has 1 aliphatic heterocycles. The molecule has 5 heteroatoms. The lowest BCUT2D eigenvalue weighted by Crippen LogP contribution is -2.30. The Bertz CT molecular complexity index is 513. The van der Waals surface area contributed by atoms with Crippen molar-refractivity contribution < 1.29 is 9.53 Å². The Morgan fingerprint density at radius 3 is 2.79 bits per heavy atom. The van der Waals surface area contributed by atoms with Crippen LogP contribution in [0.15, 0.2) is 36.9 Å². The highest BCUT2D eigenvalue weighted by Crippen LogP contribution is 2.39. The van der Waals surface area contributed by atoms with Crippen molar-refractivity contribution >= 4 is 27.5 Å². The van der Waals surface area contributed by atoms with Crippen LogP contribution in [0.5, 0.6) is 5.75 Å². The first kappa shape index (κ1) is 19.3. The Labute approximate surface area is 153 Å². The monoisotopic (exact) mass is 365 g/mol. The van der Waals surface area contributed by atoms with Crippen LogP contribution in [0.1, 0.15) is 37.7 Å². The van der Waals surface area contributed by atoms with Crippen LogP contribution in [-0.2, 0) is 11.3 Å². The van der Waals surface area contributed by atoms with Crippen LogP contribution < -0.4 is 4.74 Å². The molecule has 2 rings (SSSR count). The van der Waals surface area contributed by atoms with Gasteiger partial charge in [0.2, 0.25) is 5.91 Å². The summed E-state index contributed by atoms with van der Waals surface area (Å²) in [4.78, 5) is 14.4. The molecule has 0 N–H and O–H groups in total. The highest BCUT2D eigenvalue weighted by Gasteiger charge is 2.17. The standard InChI is InChI=1S/C19H27NO2S2/c1-3-13-20(15-16-8-10-17(22-2)11-9-16)19(21)7-5-4-6-18-12-14-23-24-18/h3,8-11,18H,1,4-7,12-15H2,2H3. The van der Waals surface area contributed by atoms with Gasteiger partial charge in [-0.15, -0.1) is 6.58 Å². The molecule has 0 spiro atoms. The molecule has 3 nitrogen and oxygen atoms in total. The second-order valence-electron chi connectivity index (χ2n) is 5.99. The number of hydrogen-bond donors (Lipinski definition) is 0. The molecule has 1 aliphatic rings. The van der Waals surface area contributed by atoms with Crippen LogP contribution in [0.3, 0.4) is 0 Å². The van der Waals surface area contributed by atoms with Gasteiger partial charge in [0.25, 0.3) is 0 Å². The first-order chi connectivity index (χ1) is 11.7. The van der Waals surface area contributed by atoms with E-state index in [1.54, 1.807) is 13.2 Å². The summed E-state index contributed by atoms with van der Waals surface area (Å²) in [5, 5.41) is 0.800. The van der Waals surface area contributed by atoms with Gasteiger partial charge in [0, 0.05) is 30.5 Å². The number of carbonyl (C=O) groups is 1. The van der Waals surface area contributed by atoms with E-state index in [9.17, 15) is 4.79 Å². The normalized spacial score (nSPS) is 16.8. The summed E-state index contributed by atoms with van der Waals surface area (Å²) >= 11 is 0. The maximum atomic E-state index is 12.5. The summed E-state index contributed by atoms with van der Waals surface area (Å²) in [6, 6.07) is 7.89. The predicted octanol–water partition coefficient (Wildman–Crippen LogP) is 4.92. The minimum atomic E-state index is 0.221. The molecule has 1 heterocycles. The Morgan fingerprint density at radius 2 is 2.17 bits per heavy atom. The predicted molar refractivity (Wildman–Crippen MR) is 106 cm³/mol. The molecular formula is C19H27NO2S2. The van der Waals surface area contributed by atoms with Crippen LogP contribution in [0.2, 0.25) is 0 Å². The summed E-state index contributed by atoms with van der Waals surface area (Å²) < 4.78 is 5.18. The highest BCUT2D eigenvalue weighted by molar-refractivity contribution is 8.77. The molecule has 1 aromatic carbocycles. The van der Waals surface area contributed by atoms with Crippen molar-refractivity contribution in [2.24, 2.45) is 0 Å². The molecule has 1 amide bonds. The summed E-state index contributed by atoms with van der Waals surface area (Å²) in [5.41, 5.74) is 1.12. The van der Waals surface area contributed by atoms with E-state index in [0.29, 0.717) is 19.5 Å². The van der Waals surface area contributed by atoms with Gasteiger partial charge in [0.05, 0.1) is 7.11 Å². The van der Waals surface area contributed by atoms with E-state index in [-0.39, 0.29) is 5.91 Å². The molecule has 1 fully saturated rings. The zero-order valence-electron chi connectivity index (χ0n) is 14.4. The third-order valence-electron chi connectivity index (χ3n) is 4.13. The number of rotatable bonds is 10. The Kier molecular flexibility index (Phi) is 8.60. The van der Waals surface area contributed by atoms with E-state index in [1.807, 2.05) is 50.8 Å². The van der Waals surface area contributed by atoms with Gasteiger partial charge in [-0.25, -0.2) is 0 Å². The Hall–Kier alpha value is -1.07. The van der Waals surface area contributed by atoms with Gasteiger partial charge >= 0.3 is 0 Å². The van der Waals surface area contributed by atoms with Crippen LogP contribution >= 0.6 is 21.6 Å². The van der Waals surface area contributed by atoms with E-state index in [4.69, 9.17) is 4.74 Å². The van der Waals surface area contributed by atoms with Gasteiger partial charge in [-0.05, 0) is 37.0 Å². The number of carbonyl (C=O) groups excluding carboxylic acids is 1. The number of hydrogen-bond acceptors (Lipinski definition) is 4. The topological polar surface area (TPSA) is 29.5 Å². The summed E-state index contributed by atoms with van der Waals surface area (Å²) in [7, 11) is 5.66. The Balaban J connectivity index is 1.76. The lowest BCUT2D eigenvalue weighted by Gasteiger charge is -2.21. The van der Waals surface area contributed by atoms with Crippen molar-refractivity contribution in [1.82, 2.24) is 4.90 Å². The quantitative estimate of drug-likeness (QED) is 0.334. The second kappa shape index (κ2) is 10.7. The number of ether oxygens (including phenoxy) is 1. The maximum absolute atomic E-state index is 12.5. The molecule has 132 valence electrons. The first-order valence-electron chi connectivity index (χ1n) is 8.53.